The average molecular weight is 441 g/mol. The third-order valence-electron chi connectivity index (χ3n) is 6.50. The SMILES string of the molecule is CC(C)C1CC(C(=O)N2CCCCC2c2nc(N(C)C)ncc2-c2ccc(F)cc2)NN1. The first-order valence-electron chi connectivity index (χ1n) is 11.5. The molecular weight excluding hydrogens is 407 g/mol. The van der Waals surface area contributed by atoms with Gasteiger partial charge in [0.25, 0.3) is 0 Å². The first kappa shape index (κ1) is 22.6. The van der Waals surface area contributed by atoms with Gasteiger partial charge in [-0.2, -0.15) is 0 Å². The van der Waals surface area contributed by atoms with Crippen molar-refractivity contribution in [2.45, 2.75) is 57.7 Å². The number of amides is 1. The highest BCUT2D eigenvalue weighted by atomic mass is 19.1. The maximum atomic E-state index is 13.6. The number of carbonyl (C=O) groups excluding carboxylic acids is 1. The number of likely N-dealkylation sites (tertiary alicyclic amines) is 1. The molecule has 2 N–H and O–H groups in total. The summed E-state index contributed by atoms with van der Waals surface area (Å²) in [6.07, 6.45) is 5.43. The van der Waals surface area contributed by atoms with Crippen LogP contribution in [0.25, 0.3) is 11.1 Å². The van der Waals surface area contributed by atoms with Gasteiger partial charge in [-0.25, -0.2) is 19.8 Å². The number of hydrazine groups is 1. The number of nitrogens with one attached hydrogen (secondary N) is 2. The number of nitrogens with zero attached hydrogens (tertiary/aromatic N) is 4. The highest BCUT2D eigenvalue weighted by molar-refractivity contribution is 5.83. The maximum absolute atomic E-state index is 13.6. The van der Waals surface area contributed by atoms with Crippen molar-refractivity contribution in [1.29, 1.82) is 0 Å². The van der Waals surface area contributed by atoms with Gasteiger partial charge in [0.15, 0.2) is 0 Å². The predicted octanol–water partition coefficient (Wildman–Crippen LogP) is 3.29. The van der Waals surface area contributed by atoms with E-state index < -0.39 is 0 Å². The summed E-state index contributed by atoms with van der Waals surface area (Å²) < 4.78 is 13.6. The quantitative estimate of drug-likeness (QED) is 0.743. The van der Waals surface area contributed by atoms with Crippen molar-refractivity contribution < 1.29 is 9.18 Å². The minimum atomic E-state index is -0.282. The molecule has 3 unspecified atom stereocenters. The van der Waals surface area contributed by atoms with Gasteiger partial charge in [-0.3, -0.25) is 10.2 Å². The summed E-state index contributed by atoms with van der Waals surface area (Å²) in [4.78, 5) is 26.8. The van der Waals surface area contributed by atoms with Crippen LogP contribution in [0.1, 0.15) is 51.3 Å². The van der Waals surface area contributed by atoms with E-state index in [0.717, 1.165) is 42.5 Å². The molecule has 4 rings (SSSR count). The highest BCUT2D eigenvalue weighted by Gasteiger charge is 2.38. The predicted molar refractivity (Wildman–Crippen MR) is 123 cm³/mol. The van der Waals surface area contributed by atoms with E-state index >= 15 is 0 Å². The van der Waals surface area contributed by atoms with E-state index in [4.69, 9.17) is 4.98 Å². The molecule has 0 spiro atoms. The van der Waals surface area contributed by atoms with Gasteiger partial charge in [0.1, 0.15) is 11.9 Å². The second-order valence-electron chi connectivity index (χ2n) is 9.34. The van der Waals surface area contributed by atoms with Crippen LogP contribution in [0.5, 0.6) is 0 Å². The molecule has 8 heteroatoms. The lowest BCUT2D eigenvalue weighted by atomic mass is 9.92. The summed E-state index contributed by atoms with van der Waals surface area (Å²) in [6, 6.07) is 6.28. The second kappa shape index (κ2) is 9.50. The van der Waals surface area contributed by atoms with Gasteiger partial charge >= 0.3 is 0 Å². The molecule has 0 saturated carbocycles. The number of benzene rings is 1. The Morgan fingerprint density at radius 2 is 1.94 bits per heavy atom. The molecule has 32 heavy (non-hydrogen) atoms. The third kappa shape index (κ3) is 4.61. The standard InChI is InChI=1S/C24H33FN6O/c1-15(2)19-13-20(29-28-19)23(32)31-12-6-5-7-21(31)22-18(14-26-24(27-22)30(3)4)16-8-10-17(25)11-9-16/h8-11,14-15,19-21,28-29H,5-7,12-13H2,1-4H3. The normalized spacial score (nSPS) is 23.6. The molecule has 2 fully saturated rings. The summed E-state index contributed by atoms with van der Waals surface area (Å²) in [5.41, 5.74) is 9.02. The molecule has 0 bridgehead atoms. The van der Waals surface area contributed by atoms with Crippen molar-refractivity contribution >= 4 is 11.9 Å². The van der Waals surface area contributed by atoms with E-state index in [-0.39, 0.29) is 29.8 Å². The fourth-order valence-electron chi connectivity index (χ4n) is 4.57. The van der Waals surface area contributed by atoms with E-state index in [1.165, 1.54) is 12.1 Å². The van der Waals surface area contributed by atoms with Crippen LogP contribution in [-0.2, 0) is 4.79 Å². The molecular formula is C24H33FN6O. The summed E-state index contributed by atoms with van der Waals surface area (Å²) in [5.74, 6) is 0.881. The van der Waals surface area contributed by atoms with Gasteiger partial charge in [-0.15, -0.1) is 0 Å². The van der Waals surface area contributed by atoms with Gasteiger partial charge in [0.2, 0.25) is 11.9 Å². The van der Waals surface area contributed by atoms with Crippen LogP contribution in [0.15, 0.2) is 30.5 Å². The first-order chi connectivity index (χ1) is 15.3. The third-order valence-corrected chi connectivity index (χ3v) is 6.50. The van der Waals surface area contributed by atoms with Crippen LogP contribution >= 0.6 is 0 Å². The van der Waals surface area contributed by atoms with Gasteiger partial charge in [0, 0.05) is 38.4 Å². The van der Waals surface area contributed by atoms with Crippen LogP contribution in [-0.4, -0.2) is 53.5 Å². The molecule has 0 aliphatic carbocycles. The summed E-state index contributed by atoms with van der Waals surface area (Å²) in [6.45, 7) is 5.03. The van der Waals surface area contributed by atoms with E-state index in [0.29, 0.717) is 18.4 Å². The maximum Gasteiger partial charge on any atom is 0.241 e. The van der Waals surface area contributed by atoms with Gasteiger partial charge in [-0.05, 0) is 49.3 Å². The number of halogens is 1. The van der Waals surface area contributed by atoms with Crippen molar-refractivity contribution in [2.24, 2.45) is 5.92 Å². The number of aromatic nitrogens is 2. The van der Waals surface area contributed by atoms with Crippen molar-refractivity contribution in [3.8, 4) is 11.1 Å². The van der Waals surface area contributed by atoms with Gasteiger partial charge in [-0.1, -0.05) is 26.0 Å². The molecule has 1 amide bonds. The Morgan fingerprint density at radius 3 is 2.59 bits per heavy atom. The highest BCUT2D eigenvalue weighted by Crippen LogP contribution is 2.37. The van der Waals surface area contributed by atoms with Crippen LogP contribution in [0, 0.1) is 11.7 Å². The molecule has 172 valence electrons. The Balaban J connectivity index is 1.70. The molecule has 2 aliphatic rings. The summed E-state index contributed by atoms with van der Waals surface area (Å²) in [5, 5.41) is 0. The largest absolute Gasteiger partial charge is 0.347 e. The lowest BCUT2D eigenvalue weighted by Gasteiger charge is -2.37. The number of anilines is 1. The average Bonchev–Trinajstić information content (AvgIpc) is 3.29. The molecule has 1 aromatic carbocycles. The Morgan fingerprint density at radius 1 is 1.19 bits per heavy atom. The number of hydrogen-bond acceptors (Lipinski definition) is 6. The van der Waals surface area contributed by atoms with Crippen molar-refractivity contribution in [3.05, 3.63) is 42.0 Å². The fourth-order valence-corrected chi connectivity index (χ4v) is 4.57. The zero-order valence-electron chi connectivity index (χ0n) is 19.3. The zero-order valence-corrected chi connectivity index (χ0v) is 19.3. The Kier molecular flexibility index (Phi) is 6.71. The van der Waals surface area contributed by atoms with Gasteiger partial charge < -0.3 is 9.80 Å². The monoisotopic (exact) mass is 440 g/mol. The van der Waals surface area contributed by atoms with Crippen LogP contribution in [0.4, 0.5) is 10.3 Å². The van der Waals surface area contributed by atoms with Gasteiger partial charge in [0.05, 0.1) is 11.7 Å². The Labute approximate surface area is 189 Å². The fraction of sp³-hybridized carbons (Fsp3) is 0.542. The Hall–Kier alpha value is -2.58. The van der Waals surface area contributed by atoms with E-state index in [1.807, 2.05) is 23.9 Å². The van der Waals surface area contributed by atoms with E-state index in [1.54, 1.807) is 18.3 Å². The molecule has 2 saturated heterocycles. The van der Waals surface area contributed by atoms with E-state index in [9.17, 15) is 9.18 Å². The smallest absolute Gasteiger partial charge is 0.241 e. The Bertz CT molecular complexity index is 948. The topological polar surface area (TPSA) is 73.4 Å². The molecule has 0 radical (unpaired) electrons. The minimum Gasteiger partial charge on any atom is -0.347 e. The molecule has 7 nitrogen and oxygen atoms in total. The molecule has 1 aromatic heterocycles. The van der Waals surface area contributed by atoms with Crippen LogP contribution < -0.4 is 15.8 Å². The number of carbonyl (C=O) groups is 1. The summed E-state index contributed by atoms with van der Waals surface area (Å²) in [7, 11) is 3.81. The number of hydrogen-bond donors (Lipinski definition) is 2. The van der Waals surface area contributed by atoms with Crippen LogP contribution in [0.2, 0.25) is 0 Å². The zero-order chi connectivity index (χ0) is 22.8. The lowest BCUT2D eigenvalue weighted by molar-refractivity contribution is -0.137. The van der Waals surface area contributed by atoms with E-state index in [2.05, 4.69) is 29.7 Å². The molecule has 2 aromatic rings. The molecule has 3 heterocycles. The second-order valence-corrected chi connectivity index (χ2v) is 9.34. The van der Waals surface area contributed by atoms with Crippen molar-refractivity contribution in [1.82, 2.24) is 25.7 Å². The minimum absolute atomic E-state index is 0.112. The molecule has 3 atom stereocenters. The number of rotatable bonds is 5. The number of piperidine rings is 1. The molecule has 2 aliphatic heterocycles. The van der Waals surface area contributed by atoms with Crippen molar-refractivity contribution in [3.63, 3.8) is 0 Å². The van der Waals surface area contributed by atoms with Crippen LogP contribution in [0.3, 0.4) is 0 Å². The first-order valence-corrected chi connectivity index (χ1v) is 11.5. The van der Waals surface area contributed by atoms with Crippen molar-refractivity contribution in [2.75, 3.05) is 25.5 Å². The summed E-state index contributed by atoms with van der Waals surface area (Å²) >= 11 is 0. The lowest BCUT2D eigenvalue weighted by Crippen LogP contribution is -2.49.